The second-order valence-electron chi connectivity index (χ2n) is 6.85. The molecule has 2 heterocycles. The van der Waals surface area contributed by atoms with Crippen molar-refractivity contribution in [3.8, 4) is 11.5 Å². The van der Waals surface area contributed by atoms with Crippen LogP contribution in [0.1, 0.15) is 16.1 Å². The Hall–Kier alpha value is -3.81. The fraction of sp³-hybridized carbons (Fsp3) is 0.227. The molecule has 154 valence electrons. The van der Waals surface area contributed by atoms with Crippen molar-refractivity contribution in [2.75, 3.05) is 19.8 Å². The van der Waals surface area contributed by atoms with E-state index >= 15 is 0 Å². The van der Waals surface area contributed by atoms with Gasteiger partial charge in [-0.3, -0.25) is 9.59 Å². The molecule has 2 aromatic carbocycles. The molecular formula is C22H19NO7. The molecule has 8 nitrogen and oxygen atoms in total. The van der Waals surface area contributed by atoms with Crippen LogP contribution in [0.3, 0.4) is 0 Å². The largest absolute Gasteiger partial charge is 0.486 e. The van der Waals surface area contributed by atoms with Gasteiger partial charge in [0.15, 0.2) is 23.5 Å². The van der Waals surface area contributed by atoms with E-state index in [1.165, 1.54) is 0 Å². The van der Waals surface area contributed by atoms with Gasteiger partial charge in [-0.1, -0.05) is 23.8 Å². The van der Waals surface area contributed by atoms with Crippen molar-refractivity contribution in [2.24, 2.45) is 0 Å². The quantitative estimate of drug-likeness (QED) is 0.644. The molecule has 0 unspecified atom stereocenters. The van der Waals surface area contributed by atoms with Crippen molar-refractivity contribution in [1.82, 2.24) is 5.32 Å². The standard InChI is InChI=1S/C22H19NO7/c1-13-6-7-17-15(8-13)16(24)9-20(30-17)22(26)28-12-21(25)23-10-14-11-27-18-4-2-3-5-19(18)29-14/h2-9,14H,10-12H2,1H3,(H,23,25)/t14-/m1/s1. The molecule has 0 aliphatic carbocycles. The molecule has 0 saturated heterocycles. The summed E-state index contributed by atoms with van der Waals surface area (Å²) in [4.78, 5) is 36.4. The first-order chi connectivity index (χ1) is 14.5. The van der Waals surface area contributed by atoms with Gasteiger partial charge in [-0.2, -0.15) is 0 Å². The maximum absolute atomic E-state index is 12.2. The third-order valence-corrected chi connectivity index (χ3v) is 4.51. The normalized spacial score (nSPS) is 14.9. The maximum atomic E-state index is 12.2. The highest BCUT2D eigenvalue weighted by Gasteiger charge is 2.21. The number of hydrogen-bond acceptors (Lipinski definition) is 7. The Morgan fingerprint density at radius 1 is 1.13 bits per heavy atom. The Balaban J connectivity index is 1.30. The Morgan fingerprint density at radius 2 is 1.93 bits per heavy atom. The number of carbonyl (C=O) groups is 2. The van der Waals surface area contributed by atoms with Crippen LogP contribution >= 0.6 is 0 Å². The lowest BCUT2D eigenvalue weighted by Crippen LogP contribution is -2.42. The first-order valence-electron chi connectivity index (χ1n) is 9.36. The minimum Gasteiger partial charge on any atom is -0.486 e. The topological polar surface area (TPSA) is 104 Å². The van der Waals surface area contributed by atoms with E-state index in [0.29, 0.717) is 23.5 Å². The lowest BCUT2D eigenvalue weighted by molar-refractivity contribution is -0.124. The Labute approximate surface area is 171 Å². The minimum absolute atomic E-state index is 0.190. The van der Waals surface area contributed by atoms with Crippen LogP contribution in [0, 0.1) is 6.92 Å². The van der Waals surface area contributed by atoms with E-state index in [9.17, 15) is 14.4 Å². The summed E-state index contributed by atoms with van der Waals surface area (Å²) in [6, 6.07) is 13.4. The maximum Gasteiger partial charge on any atom is 0.374 e. The van der Waals surface area contributed by atoms with E-state index in [1.807, 2.05) is 19.1 Å². The molecule has 1 aliphatic rings. The molecule has 1 atom stereocenters. The molecule has 1 aromatic heterocycles. The van der Waals surface area contributed by atoms with Crippen LogP contribution in [-0.4, -0.2) is 37.7 Å². The summed E-state index contributed by atoms with van der Waals surface area (Å²) in [5.41, 5.74) is 0.822. The van der Waals surface area contributed by atoms with E-state index < -0.39 is 18.5 Å². The predicted molar refractivity (Wildman–Crippen MR) is 107 cm³/mol. The number of fused-ring (bicyclic) bond motifs is 2. The second kappa shape index (κ2) is 8.28. The molecule has 0 bridgehead atoms. The molecule has 8 heteroatoms. The number of amides is 1. The molecule has 1 aliphatic heterocycles. The number of hydrogen-bond donors (Lipinski definition) is 1. The van der Waals surface area contributed by atoms with Gasteiger partial charge >= 0.3 is 5.97 Å². The molecule has 30 heavy (non-hydrogen) atoms. The van der Waals surface area contributed by atoms with Crippen molar-refractivity contribution in [1.29, 1.82) is 0 Å². The number of carbonyl (C=O) groups excluding carboxylic acids is 2. The highest BCUT2D eigenvalue weighted by molar-refractivity contribution is 5.90. The lowest BCUT2D eigenvalue weighted by Gasteiger charge is -2.26. The Morgan fingerprint density at radius 3 is 2.77 bits per heavy atom. The zero-order chi connectivity index (χ0) is 21.1. The van der Waals surface area contributed by atoms with Crippen LogP contribution < -0.4 is 20.2 Å². The SMILES string of the molecule is Cc1ccc2oc(C(=O)OCC(=O)NC[C@@H]3COc4ccccc4O3)cc(=O)c2c1. The summed E-state index contributed by atoms with van der Waals surface area (Å²) in [5.74, 6) is -0.401. The van der Waals surface area contributed by atoms with E-state index in [0.717, 1.165) is 11.6 Å². The van der Waals surface area contributed by atoms with Crippen molar-refractivity contribution in [2.45, 2.75) is 13.0 Å². The highest BCUT2D eigenvalue weighted by atomic mass is 16.6. The van der Waals surface area contributed by atoms with Gasteiger partial charge in [-0.15, -0.1) is 0 Å². The smallest absolute Gasteiger partial charge is 0.374 e. The molecule has 4 rings (SSSR count). The van der Waals surface area contributed by atoms with Gasteiger partial charge in [0.1, 0.15) is 18.3 Å². The molecule has 0 radical (unpaired) electrons. The van der Waals surface area contributed by atoms with Gasteiger partial charge in [-0.25, -0.2) is 4.79 Å². The zero-order valence-corrected chi connectivity index (χ0v) is 16.2. The van der Waals surface area contributed by atoms with E-state index in [4.69, 9.17) is 18.6 Å². The van der Waals surface area contributed by atoms with Crippen molar-refractivity contribution < 1.29 is 28.2 Å². The molecule has 1 amide bonds. The van der Waals surface area contributed by atoms with Gasteiger partial charge in [0.25, 0.3) is 5.91 Å². The number of nitrogens with one attached hydrogen (secondary N) is 1. The number of rotatable bonds is 5. The van der Waals surface area contributed by atoms with Crippen LogP contribution in [0.2, 0.25) is 0 Å². The molecular weight excluding hydrogens is 390 g/mol. The van der Waals surface area contributed by atoms with Crippen molar-refractivity contribution in [3.63, 3.8) is 0 Å². The molecule has 0 fully saturated rings. The molecule has 1 N–H and O–H groups in total. The Kier molecular flexibility index (Phi) is 5.38. The Bertz CT molecular complexity index is 1170. The zero-order valence-electron chi connectivity index (χ0n) is 16.2. The average Bonchev–Trinajstić information content (AvgIpc) is 2.76. The van der Waals surface area contributed by atoms with E-state index in [2.05, 4.69) is 5.32 Å². The lowest BCUT2D eigenvalue weighted by atomic mass is 10.1. The first kappa shape index (κ1) is 19.5. The number of esters is 1. The fourth-order valence-corrected chi connectivity index (χ4v) is 3.02. The third kappa shape index (κ3) is 4.27. The number of ether oxygens (including phenoxy) is 3. The summed E-state index contributed by atoms with van der Waals surface area (Å²) in [6.45, 7) is 1.81. The third-order valence-electron chi connectivity index (χ3n) is 4.51. The highest BCUT2D eigenvalue weighted by Crippen LogP contribution is 2.30. The summed E-state index contributed by atoms with van der Waals surface area (Å²) in [6.07, 6.45) is -0.360. The first-order valence-corrected chi connectivity index (χ1v) is 9.36. The van der Waals surface area contributed by atoms with Crippen molar-refractivity contribution in [3.05, 3.63) is 70.1 Å². The van der Waals surface area contributed by atoms with Gasteiger partial charge in [0.05, 0.1) is 11.9 Å². The molecule has 0 saturated carbocycles. The van der Waals surface area contributed by atoms with Crippen LogP contribution in [0.5, 0.6) is 11.5 Å². The summed E-state index contributed by atoms with van der Waals surface area (Å²) >= 11 is 0. The monoisotopic (exact) mass is 409 g/mol. The number of benzene rings is 2. The number of aryl methyl sites for hydroxylation is 1. The summed E-state index contributed by atoms with van der Waals surface area (Å²) < 4.78 is 21.7. The summed E-state index contributed by atoms with van der Waals surface area (Å²) in [7, 11) is 0. The van der Waals surface area contributed by atoms with Gasteiger partial charge < -0.3 is 23.9 Å². The summed E-state index contributed by atoms with van der Waals surface area (Å²) in [5, 5.41) is 3.00. The van der Waals surface area contributed by atoms with Crippen LogP contribution in [0.15, 0.2) is 57.7 Å². The van der Waals surface area contributed by atoms with Gasteiger partial charge in [-0.05, 0) is 31.2 Å². The predicted octanol–water partition coefficient (Wildman–Crippen LogP) is 2.21. The number of para-hydroxylation sites is 2. The second-order valence-corrected chi connectivity index (χ2v) is 6.85. The molecule has 3 aromatic rings. The molecule has 0 spiro atoms. The van der Waals surface area contributed by atoms with Crippen LogP contribution in [0.25, 0.3) is 11.0 Å². The van der Waals surface area contributed by atoms with Crippen LogP contribution in [-0.2, 0) is 9.53 Å². The van der Waals surface area contributed by atoms with Gasteiger partial charge in [0.2, 0.25) is 5.76 Å². The van der Waals surface area contributed by atoms with Crippen molar-refractivity contribution >= 4 is 22.8 Å². The van der Waals surface area contributed by atoms with E-state index in [1.54, 1.807) is 30.3 Å². The van der Waals surface area contributed by atoms with Crippen LogP contribution in [0.4, 0.5) is 0 Å². The fourth-order valence-electron chi connectivity index (χ4n) is 3.02. The van der Waals surface area contributed by atoms with Gasteiger partial charge in [0, 0.05) is 6.07 Å². The minimum atomic E-state index is -0.893. The average molecular weight is 409 g/mol. The van der Waals surface area contributed by atoms with E-state index in [-0.39, 0.29) is 29.4 Å².